The Morgan fingerprint density at radius 1 is 1.05 bits per heavy atom. The van der Waals surface area contributed by atoms with E-state index >= 15 is 0 Å². The van der Waals surface area contributed by atoms with Crippen LogP contribution < -0.4 is 0 Å². The minimum absolute atomic E-state index is 0.656. The predicted molar refractivity (Wildman–Crippen MR) is 91.7 cm³/mol. The number of fused-ring (bicyclic) bond motifs is 1. The SMILES string of the molecule is CC(C)[Si](C(C)C)(C(C)C)n1ccc2nc(Br)cnc21. The molecule has 0 N–H and O–H groups in total. The van der Waals surface area contributed by atoms with Crippen LogP contribution in [0.4, 0.5) is 0 Å². The number of rotatable bonds is 4. The molecule has 110 valence electrons. The zero-order valence-electron chi connectivity index (χ0n) is 13.2. The molecule has 0 aliphatic carbocycles. The minimum atomic E-state index is -1.73. The summed E-state index contributed by atoms with van der Waals surface area (Å²) in [5.74, 6) is 0. The summed E-state index contributed by atoms with van der Waals surface area (Å²) in [5.41, 5.74) is 3.99. The van der Waals surface area contributed by atoms with Gasteiger partial charge in [-0.25, -0.2) is 9.97 Å². The smallest absolute Gasteiger partial charge is 0.171 e. The Bertz CT molecular complexity index is 582. The summed E-state index contributed by atoms with van der Waals surface area (Å²) in [7, 11) is -1.73. The van der Waals surface area contributed by atoms with E-state index in [0.717, 1.165) is 15.8 Å². The molecule has 2 aromatic heterocycles. The topological polar surface area (TPSA) is 30.7 Å². The molecule has 0 spiro atoms. The molecule has 0 aliphatic heterocycles. The molecule has 0 saturated heterocycles. The maximum absolute atomic E-state index is 4.64. The van der Waals surface area contributed by atoms with Gasteiger partial charge < -0.3 is 4.23 Å². The molecule has 20 heavy (non-hydrogen) atoms. The van der Waals surface area contributed by atoms with Crippen LogP contribution in [0.1, 0.15) is 41.5 Å². The molecule has 2 heterocycles. The van der Waals surface area contributed by atoms with Crippen molar-refractivity contribution in [3.63, 3.8) is 0 Å². The van der Waals surface area contributed by atoms with Crippen LogP contribution >= 0.6 is 15.9 Å². The lowest BCUT2D eigenvalue weighted by Crippen LogP contribution is -2.51. The average Bonchev–Trinajstić information content (AvgIpc) is 2.72. The van der Waals surface area contributed by atoms with Gasteiger partial charge in [0, 0.05) is 0 Å². The van der Waals surface area contributed by atoms with Crippen LogP contribution in [-0.4, -0.2) is 22.4 Å². The Labute approximate surface area is 131 Å². The molecule has 0 unspecified atom stereocenters. The fourth-order valence-electron chi connectivity index (χ4n) is 4.03. The second-order valence-electron chi connectivity index (χ2n) is 6.44. The number of nitrogens with zero attached hydrogens (tertiary/aromatic N) is 3. The summed E-state index contributed by atoms with van der Waals surface area (Å²) in [6, 6.07) is 2.10. The molecule has 0 saturated carbocycles. The Morgan fingerprint density at radius 2 is 1.60 bits per heavy atom. The van der Waals surface area contributed by atoms with Crippen LogP contribution in [0.5, 0.6) is 0 Å². The Kier molecular flexibility index (Phi) is 4.40. The molecule has 0 amide bonds. The summed E-state index contributed by atoms with van der Waals surface area (Å²) >= 11 is 3.41. The summed E-state index contributed by atoms with van der Waals surface area (Å²) in [4.78, 5) is 9.19. The highest BCUT2D eigenvalue weighted by Gasteiger charge is 2.46. The predicted octanol–water partition coefficient (Wildman–Crippen LogP) is 5.22. The molecule has 0 bridgehead atoms. The van der Waals surface area contributed by atoms with E-state index in [9.17, 15) is 0 Å². The van der Waals surface area contributed by atoms with E-state index in [2.05, 4.69) is 83.9 Å². The molecule has 5 heteroatoms. The Morgan fingerprint density at radius 3 is 2.10 bits per heavy atom. The highest BCUT2D eigenvalue weighted by molar-refractivity contribution is 9.10. The third kappa shape index (κ3) is 2.25. The highest BCUT2D eigenvalue weighted by Crippen LogP contribution is 2.43. The maximum Gasteiger partial charge on any atom is 0.171 e. The fourth-order valence-corrected chi connectivity index (χ4v) is 10.9. The van der Waals surface area contributed by atoms with Gasteiger partial charge in [-0.2, -0.15) is 0 Å². The van der Waals surface area contributed by atoms with Gasteiger partial charge in [-0.3, -0.25) is 0 Å². The molecule has 0 atom stereocenters. The molecular weight excluding hydrogens is 330 g/mol. The Balaban J connectivity index is 2.75. The van der Waals surface area contributed by atoms with E-state index in [-0.39, 0.29) is 0 Å². The van der Waals surface area contributed by atoms with Gasteiger partial charge in [0.25, 0.3) is 0 Å². The maximum atomic E-state index is 4.64. The van der Waals surface area contributed by atoms with Crippen molar-refractivity contribution in [2.45, 2.75) is 58.2 Å². The first-order valence-electron chi connectivity index (χ1n) is 7.31. The molecule has 0 fully saturated rings. The van der Waals surface area contributed by atoms with E-state index < -0.39 is 8.24 Å². The third-order valence-electron chi connectivity index (χ3n) is 4.55. The van der Waals surface area contributed by atoms with Crippen LogP contribution in [0, 0.1) is 0 Å². The van der Waals surface area contributed by atoms with Gasteiger partial charge in [-0.1, -0.05) is 41.5 Å². The molecule has 0 aliphatic rings. The standard InChI is InChI=1S/C15H24BrN3Si/c1-10(2)20(11(3)4,12(5)6)19-8-7-13-15(19)17-9-14(16)18-13/h7-12H,1-6H3. The number of halogens is 1. The van der Waals surface area contributed by atoms with Gasteiger partial charge in [0.15, 0.2) is 13.9 Å². The lowest BCUT2D eigenvalue weighted by atomic mass is 10.5. The van der Waals surface area contributed by atoms with Crippen molar-refractivity contribution in [3.05, 3.63) is 23.1 Å². The van der Waals surface area contributed by atoms with Crippen molar-refractivity contribution in [2.24, 2.45) is 0 Å². The average molecular weight is 354 g/mol. The highest BCUT2D eigenvalue weighted by atomic mass is 79.9. The van der Waals surface area contributed by atoms with E-state index in [1.54, 1.807) is 6.20 Å². The largest absolute Gasteiger partial charge is 0.357 e. The van der Waals surface area contributed by atoms with Crippen molar-refractivity contribution >= 4 is 35.3 Å². The zero-order chi connectivity index (χ0) is 15.1. The fraction of sp³-hybridized carbons (Fsp3) is 0.600. The van der Waals surface area contributed by atoms with Gasteiger partial charge in [-0.05, 0) is 44.8 Å². The van der Waals surface area contributed by atoms with Crippen molar-refractivity contribution in [2.75, 3.05) is 0 Å². The first-order chi connectivity index (χ1) is 9.31. The third-order valence-corrected chi connectivity index (χ3v) is 11.7. The normalized spacial score (nSPS) is 13.1. The van der Waals surface area contributed by atoms with Gasteiger partial charge in [-0.15, -0.1) is 0 Å². The van der Waals surface area contributed by atoms with Crippen molar-refractivity contribution in [1.82, 2.24) is 14.2 Å². The van der Waals surface area contributed by atoms with Crippen LogP contribution in [-0.2, 0) is 0 Å². The van der Waals surface area contributed by atoms with Gasteiger partial charge in [0.1, 0.15) is 10.1 Å². The van der Waals surface area contributed by atoms with Crippen LogP contribution in [0.2, 0.25) is 16.6 Å². The number of aromatic nitrogens is 3. The summed E-state index contributed by atoms with van der Waals surface area (Å²) < 4.78 is 3.29. The first kappa shape index (κ1) is 15.7. The quantitative estimate of drug-likeness (QED) is 0.705. The number of hydrogen-bond acceptors (Lipinski definition) is 2. The summed E-state index contributed by atoms with van der Waals surface area (Å²) in [6.07, 6.45) is 4.02. The zero-order valence-corrected chi connectivity index (χ0v) is 15.8. The van der Waals surface area contributed by atoms with Gasteiger partial charge in [0.2, 0.25) is 0 Å². The van der Waals surface area contributed by atoms with Gasteiger partial charge in [0.05, 0.1) is 6.20 Å². The first-order valence-corrected chi connectivity index (χ1v) is 10.3. The van der Waals surface area contributed by atoms with E-state index in [0.29, 0.717) is 16.6 Å². The van der Waals surface area contributed by atoms with Crippen molar-refractivity contribution in [1.29, 1.82) is 0 Å². The van der Waals surface area contributed by atoms with Crippen molar-refractivity contribution < 1.29 is 0 Å². The second-order valence-corrected chi connectivity index (χ2v) is 13.0. The summed E-state index contributed by atoms with van der Waals surface area (Å²) in [6.45, 7) is 14.2. The van der Waals surface area contributed by atoms with Crippen molar-refractivity contribution in [3.8, 4) is 0 Å². The number of hydrogen-bond donors (Lipinski definition) is 0. The molecule has 3 nitrogen and oxygen atoms in total. The van der Waals surface area contributed by atoms with Gasteiger partial charge >= 0.3 is 0 Å². The lowest BCUT2D eigenvalue weighted by Gasteiger charge is -2.44. The second kappa shape index (κ2) is 5.60. The molecule has 0 aromatic carbocycles. The van der Waals surface area contributed by atoms with Crippen LogP contribution in [0.3, 0.4) is 0 Å². The monoisotopic (exact) mass is 353 g/mol. The molecule has 2 aromatic rings. The molecule has 0 radical (unpaired) electrons. The molecule has 2 rings (SSSR count). The van der Waals surface area contributed by atoms with E-state index in [4.69, 9.17) is 0 Å². The minimum Gasteiger partial charge on any atom is -0.357 e. The van der Waals surface area contributed by atoms with E-state index in [1.165, 1.54) is 0 Å². The van der Waals surface area contributed by atoms with Crippen LogP contribution in [0.15, 0.2) is 23.1 Å². The molecular formula is C15H24BrN3Si. The van der Waals surface area contributed by atoms with E-state index in [1.807, 2.05) is 0 Å². The summed E-state index contributed by atoms with van der Waals surface area (Å²) in [5, 5.41) is 0. The van der Waals surface area contributed by atoms with Crippen LogP contribution in [0.25, 0.3) is 11.2 Å². The Hall–Kier alpha value is -0.683. The lowest BCUT2D eigenvalue weighted by molar-refractivity contribution is 0.770.